The lowest BCUT2D eigenvalue weighted by atomic mass is 10.1. The predicted molar refractivity (Wildman–Crippen MR) is 138 cm³/mol. The van der Waals surface area contributed by atoms with Crippen LogP contribution in [0.4, 0.5) is 21.6 Å². The van der Waals surface area contributed by atoms with Crippen LogP contribution in [0.5, 0.6) is 5.75 Å². The summed E-state index contributed by atoms with van der Waals surface area (Å²) < 4.78 is 47.5. The summed E-state index contributed by atoms with van der Waals surface area (Å²) in [6.07, 6.45) is -0.642. The smallest absolute Gasteiger partial charge is 0.151 e. The molecule has 2 aliphatic heterocycles. The highest BCUT2D eigenvalue weighted by Crippen LogP contribution is 2.36. The van der Waals surface area contributed by atoms with Crippen molar-refractivity contribution in [2.45, 2.75) is 45.2 Å². The van der Waals surface area contributed by atoms with Gasteiger partial charge in [0.05, 0.1) is 24.4 Å². The van der Waals surface area contributed by atoms with Crippen LogP contribution in [0.2, 0.25) is 0 Å². The number of hydrogen-bond acceptors (Lipinski definition) is 8. The van der Waals surface area contributed by atoms with Gasteiger partial charge in [-0.3, -0.25) is 0 Å². The molecule has 0 radical (unpaired) electrons. The number of aliphatic hydroxyl groups excluding tert-OH is 1. The van der Waals surface area contributed by atoms with E-state index >= 15 is 0 Å². The van der Waals surface area contributed by atoms with Gasteiger partial charge in [-0.2, -0.15) is 0 Å². The number of benzene rings is 2. The Morgan fingerprint density at radius 2 is 2.03 bits per heavy atom. The Morgan fingerprint density at radius 1 is 1.22 bits per heavy atom. The molecule has 2 fully saturated rings. The van der Waals surface area contributed by atoms with Crippen molar-refractivity contribution in [3.8, 4) is 5.75 Å². The number of ether oxygens (including phenoxy) is 3. The number of rotatable bonds is 7. The molecule has 0 aliphatic carbocycles. The van der Waals surface area contributed by atoms with Crippen LogP contribution in [0.25, 0.3) is 10.9 Å². The monoisotopic (exact) mass is 516 g/mol. The number of anilines is 3. The summed E-state index contributed by atoms with van der Waals surface area (Å²) in [5.74, 6) is 0.817. The minimum atomic E-state index is -2.32. The van der Waals surface area contributed by atoms with E-state index in [0.717, 1.165) is 10.9 Å². The predicted octanol–water partition coefficient (Wildman–Crippen LogP) is 3.18. The van der Waals surface area contributed by atoms with Crippen molar-refractivity contribution in [3.63, 3.8) is 0 Å². The Balaban J connectivity index is 1.45. The third kappa shape index (κ3) is 4.71. The van der Waals surface area contributed by atoms with Crippen LogP contribution in [0, 0.1) is 12.7 Å². The second kappa shape index (κ2) is 9.81. The van der Waals surface area contributed by atoms with Gasteiger partial charge in [0.1, 0.15) is 42.0 Å². The molecule has 3 N–H and O–H groups in total. The summed E-state index contributed by atoms with van der Waals surface area (Å²) >= 11 is 0. The number of aliphatic hydroxyl groups is 1. The second-order valence-electron chi connectivity index (χ2n) is 8.85. The Hall–Kier alpha value is -2.99. The maximum atomic E-state index is 14.2. The Morgan fingerprint density at radius 3 is 2.81 bits per heavy atom. The van der Waals surface area contributed by atoms with Crippen LogP contribution in [0.3, 0.4) is 0 Å². The fourth-order valence-electron chi connectivity index (χ4n) is 4.58. The molecule has 11 heteroatoms. The summed E-state index contributed by atoms with van der Waals surface area (Å²) in [5.41, 5.74) is 2.75. The van der Waals surface area contributed by atoms with Crippen LogP contribution in [0.1, 0.15) is 19.4 Å². The number of fused-ring (bicyclic) bond motifs is 2. The number of hydrogen-bond donors (Lipinski definition) is 3. The molecule has 3 heterocycles. The number of nitrogens with one attached hydrogen (secondary N) is 2. The summed E-state index contributed by atoms with van der Waals surface area (Å²) in [6, 6.07) is 7.93. The van der Waals surface area contributed by atoms with Crippen molar-refractivity contribution < 1.29 is 27.9 Å². The van der Waals surface area contributed by atoms with Crippen molar-refractivity contribution >= 4 is 43.2 Å². The summed E-state index contributed by atoms with van der Waals surface area (Å²) in [5, 5.41) is 15.7. The fraction of sp³-hybridized carbons (Fsp3) is 0.400. The average molecular weight is 517 g/mol. The normalized spacial score (nSPS) is 24.8. The van der Waals surface area contributed by atoms with E-state index in [1.54, 1.807) is 18.4 Å². The van der Waals surface area contributed by atoms with Crippen LogP contribution in [0.15, 0.2) is 36.7 Å². The van der Waals surface area contributed by atoms with Gasteiger partial charge in [0.2, 0.25) is 0 Å². The molecule has 2 aliphatic rings. The van der Waals surface area contributed by atoms with E-state index in [-0.39, 0.29) is 19.0 Å². The Kier molecular flexibility index (Phi) is 6.73. The highest BCUT2D eigenvalue weighted by molar-refractivity contribution is 8.02. The quantitative estimate of drug-likeness (QED) is 0.410. The molecule has 2 saturated heterocycles. The highest BCUT2D eigenvalue weighted by Gasteiger charge is 2.48. The van der Waals surface area contributed by atoms with E-state index in [4.69, 9.17) is 14.2 Å². The van der Waals surface area contributed by atoms with Crippen molar-refractivity contribution in [2.24, 2.45) is 0 Å². The van der Waals surface area contributed by atoms with Gasteiger partial charge < -0.3 is 29.4 Å². The molecule has 0 bridgehead atoms. The molecule has 0 amide bonds. The minimum Gasteiger partial charge on any atom is -0.483 e. The zero-order chi connectivity index (χ0) is 25.4. The van der Waals surface area contributed by atoms with Gasteiger partial charge in [0, 0.05) is 32.6 Å². The van der Waals surface area contributed by atoms with Gasteiger partial charge in [-0.15, -0.1) is 0 Å². The van der Waals surface area contributed by atoms with E-state index in [1.165, 1.54) is 18.5 Å². The molecule has 3 aromatic rings. The SMILES string of the molecule is CC=S(=O)(CC)Nc1cc(C)c2c(Nc3ccc(F)cc3OC3COC4C(O)COC34)ncnc2c1. The third-order valence-electron chi connectivity index (χ3n) is 6.49. The van der Waals surface area contributed by atoms with E-state index < -0.39 is 39.9 Å². The lowest BCUT2D eigenvalue weighted by Gasteiger charge is -2.21. The van der Waals surface area contributed by atoms with Gasteiger partial charge in [0.15, 0.2) is 6.10 Å². The maximum absolute atomic E-state index is 14.2. The first-order valence-corrected chi connectivity index (χ1v) is 13.6. The van der Waals surface area contributed by atoms with E-state index in [9.17, 15) is 13.7 Å². The first-order valence-electron chi connectivity index (χ1n) is 11.8. The second-order valence-corrected chi connectivity index (χ2v) is 11.6. The number of nitrogens with zero attached hydrogens (tertiary/aromatic N) is 2. The number of aromatic nitrogens is 2. The van der Waals surface area contributed by atoms with Gasteiger partial charge in [0.25, 0.3) is 0 Å². The summed E-state index contributed by atoms with van der Waals surface area (Å²) in [6.45, 7) is 5.97. The summed E-state index contributed by atoms with van der Waals surface area (Å²) in [4.78, 5) is 8.83. The van der Waals surface area contributed by atoms with Crippen molar-refractivity contribution in [2.75, 3.05) is 29.0 Å². The zero-order valence-corrected chi connectivity index (χ0v) is 21.0. The third-order valence-corrected chi connectivity index (χ3v) is 8.69. The topological polar surface area (TPSA) is 115 Å². The largest absolute Gasteiger partial charge is 0.483 e. The lowest BCUT2D eigenvalue weighted by Crippen LogP contribution is -2.34. The Labute approximate surface area is 209 Å². The molecule has 5 unspecified atom stereocenters. The first kappa shape index (κ1) is 24.7. The van der Waals surface area contributed by atoms with Crippen LogP contribution >= 0.6 is 0 Å². The Bertz CT molecular complexity index is 1410. The zero-order valence-electron chi connectivity index (χ0n) is 20.2. The van der Waals surface area contributed by atoms with E-state index in [0.29, 0.717) is 28.5 Å². The molecule has 2 aromatic carbocycles. The lowest BCUT2D eigenvalue weighted by molar-refractivity contribution is 0.00871. The molecule has 5 atom stereocenters. The standard InChI is InChI=1S/C25H29FN4O5S/c1-4-36(32,5-2)30-16-8-14(3)22-18(10-16)27-13-28-25(22)29-17-7-6-15(26)9-20(17)35-21-12-34-23-19(31)11-33-24(21)23/h4,6-10,13,19,21,23-24,31H,5,11-12H2,1-3H3,(H,30,32)(H,27,28,29). The highest BCUT2D eigenvalue weighted by atomic mass is 32.2. The molecule has 9 nitrogen and oxygen atoms in total. The molecule has 192 valence electrons. The molecular formula is C25H29FN4O5S. The van der Waals surface area contributed by atoms with Crippen LogP contribution in [-0.2, 0) is 19.2 Å². The average Bonchev–Trinajstić information content (AvgIpc) is 3.43. The van der Waals surface area contributed by atoms with Gasteiger partial charge in [-0.25, -0.2) is 18.6 Å². The maximum Gasteiger partial charge on any atom is 0.151 e. The molecule has 36 heavy (non-hydrogen) atoms. The molecule has 0 spiro atoms. The minimum absolute atomic E-state index is 0.177. The van der Waals surface area contributed by atoms with Gasteiger partial charge in [-0.1, -0.05) is 6.92 Å². The molecular weight excluding hydrogens is 487 g/mol. The summed E-state index contributed by atoms with van der Waals surface area (Å²) in [7, 11) is -2.32. The molecule has 5 rings (SSSR count). The van der Waals surface area contributed by atoms with Crippen LogP contribution in [-0.4, -0.2) is 68.0 Å². The van der Waals surface area contributed by atoms with Gasteiger partial charge in [-0.05, 0) is 49.0 Å². The van der Waals surface area contributed by atoms with Crippen molar-refractivity contribution in [1.82, 2.24) is 9.97 Å². The van der Waals surface area contributed by atoms with Crippen LogP contribution < -0.4 is 14.8 Å². The van der Waals surface area contributed by atoms with Crippen molar-refractivity contribution in [3.05, 3.63) is 48.0 Å². The number of halogens is 1. The molecule has 1 aromatic heterocycles. The fourth-order valence-corrected chi connectivity index (χ4v) is 5.69. The number of aryl methyl sites for hydroxylation is 1. The van der Waals surface area contributed by atoms with Crippen molar-refractivity contribution in [1.29, 1.82) is 0 Å². The van der Waals surface area contributed by atoms with E-state index in [2.05, 4.69) is 20.0 Å². The van der Waals surface area contributed by atoms with E-state index in [1.807, 2.05) is 26.0 Å². The first-order chi connectivity index (χ1) is 17.3. The molecule has 0 saturated carbocycles. The van der Waals surface area contributed by atoms with Gasteiger partial charge >= 0.3 is 0 Å².